The van der Waals surface area contributed by atoms with E-state index in [-0.39, 0.29) is 6.79 Å². The Morgan fingerprint density at radius 3 is 2.87 bits per heavy atom. The standard InChI is InChI=1S/C11H7ClO3/c12-7-3-4-9-11(15-6-14-9)10(7)8-2-1-5-13-8/h1-5H,6H2. The van der Waals surface area contributed by atoms with Crippen LogP contribution in [0, 0.1) is 0 Å². The summed E-state index contributed by atoms with van der Waals surface area (Å²) in [5.41, 5.74) is 0.747. The van der Waals surface area contributed by atoms with Gasteiger partial charge < -0.3 is 13.9 Å². The monoisotopic (exact) mass is 222 g/mol. The molecule has 76 valence electrons. The molecule has 0 radical (unpaired) electrons. The van der Waals surface area contributed by atoms with Crippen LogP contribution in [0.1, 0.15) is 0 Å². The first-order valence-electron chi connectivity index (χ1n) is 4.48. The molecule has 0 N–H and O–H groups in total. The first kappa shape index (κ1) is 8.68. The maximum absolute atomic E-state index is 6.10. The van der Waals surface area contributed by atoms with Gasteiger partial charge in [-0.15, -0.1) is 0 Å². The molecule has 2 aromatic rings. The lowest BCUT2D eigenvalue weighted by molar-refractivity contribution is 0.174. The van der Waals surface area contributed by atoms with Crippen LogP contribution in [0.3, 0.4) is 0 Å². The molecular weight excluding hydrogens is 216 g/mol. The van der Waals surface area contributed by atoms with Gasteiger partial charge in [0.2, 0.25) is 6.79 Å². The zero-order valence-corrected chi connectivity index (χ0v) is 8.45. The Morgan fingerprint density at radius 2 is 2.07 bits per heavy atom. The minimum atomic E-state index is 0.226. The predicted octanol–water partition coefficient (Wildman–Crippen LogP) is 3.33. The topological polar surface area (TPSA) is 31.6 Å². The second kappa shape index (κ2) is 3.21. The van der Waals surface area contributed by atoms with Crippen LogP contribution in [0.4, 0.5) is 0 Å². The summed E-state index contributed by atoms with van der Waals surface area (Å²) in [5, 5.41) is 0.592. The lowest BCUT2D eigenvalue weighted by atomic mass is 10.1. The summed E-state index contributed by atoms with van der Waals surface area (Å²) < 4.78 is 15.9. The highest BCUT2D eigenvalue weighted by Gasteiger charge is 2.22. The minimum Gasteiger partial charge on any atom is -0.464 e. The Labute approximate surface area is 91.2 Å². The van der Waals surface area contributed by atoms with Crippen molar-refractivity contribution in [3.05, 3.63) is 35.6 Å². The average Bonchev–Trinajstić information content (AvgIpc) is 2.85. The Hall–Kier alpha value is -1.61. The molecule has 1 aromatic carbocycles. The largest absolute Gasteiger partial charge is 0.464 e. The molecule has 0 saturated carbocycles. The number of rotatable bonds is 1. The second-order valence-electron chi connectivity index (χ2n) is 3.13. The summed E-state index contributed by atoms with van der Waals surface area (Å²) in [6, 6.07) is 7.20. The van der Waals surface area contributed by atoms with Crippen LogP contribution in [-0.4, -0.2) is 6.79 Å². The molecule has 3 nitrogen and oxygen atoms in total. The van der Waals surface area contributed by atoms with E-state index < -0.39 is 0 Å². The summed E-state index contributed by atoms with van der Waals surface area (Å²) in [4.78, 5) is 0. The molecule has 0 bridgehead atoms. The fourth-order valence-electron chi connectivity index (χ4n) is 1.60. The number of halogens is 1. The molecule has 0 aliphatic carbocycles. The molecule has 3 rings (SSSR count). The summed E-state index contributed by atoms with van der Waals surface area (Å²) >= 11 is 6.10. The summed E-state index contributed by atoms with van der Waals surface area (Å²) in [5.74, 6) is 2.03. The van der Waals surface area contributed by atoms with Crippen molar-refractivity contribution in [1.29, 1.82) is 0 Å². The average molecular weight is 223 g/mol. The molecule has 15 heavy (non-hydrogen) atoms. The maximum Gasteiger partial charge on any atom is 0.231 e. The van der Waals surface area contributed by atoms with Gasteiger partial charge in [0, 0.05) is 0 Å². The fraction of sp³-hybridized carbons (Fsp3) is 0.0909. The molecule has 2 heterocycles. The van der Waals surface area contributed by atoms with Gasteiger partial charge in [0.15, 0.2) is 11.5 Å². The number of hydrogen-bond acceptors (Lipinski definition) is 3. The lowest BCUT2D eigenvalue weighted by Crippen LogP contribution is -1.93. The zero-order valence-electron chi connectivity index (χ0n) is 7.70. The molecule has 1 aromatic heterocycles. The van der Waals surface area contributed by atoms with Crippen LogP contribution in [0.5, 0.6) is 11.5 Å². The summed E-state index contributed by atoms with van der Waals surface area (Å²) in [7, 11) is 0. The Bertz CT molecular complexity index is 491. The normalized spacial score (nSPS) is 13.1. The molecule has 0 fully saturated rings. The fourth-order valence-corrected chi connectivity index (χ4v) is 1.84. The van der Waals surface area contributed by atoms with E-state index in [1.165, 1.54) is 0 Å². The van der Waals surface area contributed by atoms with E-state index in [1.807, 2.05) is 6.07 Å². The SMILES string of the molecule is Clc1ccc2c(c1-c1ccco1)OCO2. The van der Waals surface area contributed by atoms with Gasteiger partial charge in [0.05, 0.1) is 16.8 Å². The van der Waals surface area contributed by atoms with Gasteiger partial charge in [0.25, 0.3) is 0 Å². The Balaban J connectivity index is 2.26. The van der Waals surface area contributed by atoms with Crippen molar-refractivity contribution >= 4 is 11.6 Å². The van der Waals surface area contributed by atoms with Crippen LogP contribution >= 0.6 is 11.6 Å². The van der Waals surface area contributed by atoms with E-state index in [0.717, 1.165) is 5.56 Å². The minimum absolute atomic E-state index is 0.226. The van der Waals surface area contributed by atoms with E-state index in [0.29, 0.717) is 22.3 Å². The molecule has 0 amide bonds. The molecule has 0 unspecified atom stereocenters. The number of benzene rings is 1. The molecule has 1 aliphatic heterocycles. The van der Waals surface area contributed by atoms with E-state index in [9.17, 15) is 0 Å². The Kier molecular flexibility index (Phi) is 1.86. The highest BCUT2D eigenvalue weighted by Crippen LogP contribution is 2.45. The van der Waals surface area contributed by atoms with Gasteiger partial charge in [-0.05, 0) is 24.3 Å². The van der Waals surface area contributed by atoms with E-state index in [1.54, 1.807) is 24.5 Å². The van der Waals surface area contributed by atoms with Gasteiger partial charge in [-0.3, -0.25) is 0 Å². The Morgan fingerprint density at radius 1 is 1.13 bits per heavy atom. The maximum atomic E-state index is 6.10. The molecule has 0 atom stereocenters. The van der Waals surface area contributed by atoms with E-state index in [2.05, 4.69) is 0 Å². The number of hydrogen-bond donors (Lipinski definition) is 0. The number of fused-ring (bicyclic) bond motifs is 1. The predicted molar refractivity (Wildman–Crippen MR) is 55.3 cm³/mol. The van der Waals surface area contributed by atoms with Gasteiger partial charge in [-0.2, -0.15) is 0 Å². The van der Waals surface area contributed by atoms with Crippen molar-refractivity contribution in [2.45, 2.75) is 0 Å². The van der Waals surface area contributed by atoms with Gasteiger partial charge >= 0.3 is 0 Å². The number of ether oxygens (including phenoxy) is 2. The van der Waals surface area contributed by atoms with E-state index in [4.69, 9.17) is 25.5 Å². The van der Waals surface area contributed by atoms with Crippen molar-refractivity contribution in [3.8, 4) is 22.8 Å². The van der Waals surface area contributed by atoms with Crippen LogP contribution in [-0.2, 0) is 0 Å². The van der Waals surface area contributed by atoms with Crippen LogP contribution in [0.2, 0.25) is 5.02 Å². The van der Waals surface area contributed by atoms with Crippen molar-refractivity contribution < 1.29 is 13.9 Å². The molecule has 0 saturated heterocycles. The lowest BCUT2D eigenvalue weighted by Gasteiger charge is -2.04. The molecule has 4 heteroatoms. The van der Waals surface area contributed by atoms with Gasteiger partial charge in [-0.25, -0.2) is 0 Å². The summed E-state index contributed by atoms with van der Waals surface area (Å²) in [6.45, 7) is 0.226. The molecule has 0 spiro atoms. The van der Waals surface area contributed by atoms with Crippen molar-refractivity contribution in [2.75, 3.05) is 6.79 Å². The van der Waals surface area contributed by atoms with Gasteiger partial charge in [-0.1, -0.05) is 11.6 Å². The van der Waals surface area contributed by atoms with E-state index >= 15 is 0 Å². The smallest absolute Gasteiger partial charge is 0.231 e. The molecule has 1 aliphatic rings. The van der Waals surface area contributed by atoms with Crippen LogP contribution in [0.15, 0.2) is 34.9 Å². The second-order valence-corrected chi connectivity index (χ2v) is 3.54. The molecular formula is C11H7ClO3. The highest BCUT2D eigenvalue weighted by molar-refractivity contribution is 6.33. The van der Waals surface area contributed by atoms with Crippen molar-refractivity contribution in [3.63, 3.8) is 0 Å². The quantitative estimate of drug-likeness (QED) is 0.742. The first-order valence-corrected chi connectivity index (χ1v) is 4.86. The first-order chi connectivity index (χ1) is 7.36. The van der Waals surface area contributed by atoms with Gasteiger partial charge in [0.1, 0.15) is 5.76 Å². The van der Waals surface area contributed by atoms with Crippen molar-refractivity contribution in [2.24, 2.45) is 0 Å². The van der Waals surface area contributed by atoms with Crippen LogP contribution < -0.4 is 9.47 Å². The number of furan rings is 1. The van der Waals surface area contributed by atoms with Crippen molar-refractivity contribution in [1.82, 2.24) is 0 Å². The zero-order chi connectivity index (χ0) is 10.3. The third-order valence-corrected chi connectivity index (χ3v) is 2.57. The van der Waals surface area contributed by atoms with Crippen LogP contribution in [0.25, 0.3) is 11.3 Å². The summed E-state index contributed by atoms with van der Waals surface area (Å²) in [6.07, 6.45) is 1.60. The highest BCUT2D eigenvalue weighted by atomic mass is 35.5. The third kappa shape index (κ3) is 1.27. The third-order valence-electron chi connectivity index (χ3n) is 2.26.